The molecule has 0 aromatic rings. The number of hydrogen-bond donors (Lipinski definition) is 0. The highest BCUT2D eigenvalue weighted by molar-refractivity contribution is 7.45. The van der Waals surface area contributed by atoms with Crippen LogP contribution in [-0.4, -0.2) is 70.0 Å². The lowest BCUT2D eigenvalue weighted by molar-refractivity contribution is -0.870. The molecule has 0 bridgehead atoms. The summed E-state index contributed by atoms with van der Waals surface area (Å²) in [4.78, 5) is 37.5. The number of rotatable bonds is 41. The first-order chi connectivity index (χ1) is 27.0. The molecule has 0 rings (SSSR count). The fourth-order valence-electron chi connectivity index (χ4n) is 6.05. The molecule has 2 atom stereocenters. The van der Waals surface area contributed by atoms with E-state index in [0.717, 1.165) is 44.9 Å². The van der Waals surface area contributed by atoms with Crippen molar-refractivity contribution < 1.29 is 42.1 Å². The van der Waals surface area contributed by atoms with Gasteiger partial charge in [-0.2, -0.15) is 0 Å². The van der Waals surface area contributed by atoms with Crippen molar-refractivity contribution in [3.63, 3.8) is 0 Å². The lowest BCUT2D eigenvalue weighted by atomic mass is 10.1. The largest absolute Gasteiger partial charge is 0.756 e. The fraction of sp³-hybridized carbons (Fsp3) is 0.826. The number of hydrogen-bond acceptors (Lipinski definition) is 8. The highest BCUT2D eigenvalue weighted by atomic mass is 31.2. The van der Waals surface area contributed by atoms with E-state index < -0.39 is 32.5 Å². The molecule has 0 aromatic carbocycles. The van der Waals surface area contributed by atoms with Gasteiger partial charge in [0.25, 0.3) is 7.82 Å². The summed E-state index contributed by atoms with van der Waals surface area (Å²) >= 11 is 0. The Morgan fingerprint density at radius 2 is 1.00 bits per heavy atom. The third-order valence-electron chi connectivity index (χ3n) is 9.65. The molecule has 9 nitrogen and oxygen atoms in total. The van der Waals surface area contributed by atoms with Crippen LogP contribution in [0.25, 0.3) is 0 Å². The molecular weight excluding hydrogens is 725 g/mol. The Hall–Kier alpha value is -1.77. The smallest absolute Gasteiger partial charge is 0.306 e. The Morgan fingerprint density at radius 3 is 1.54 bits per heavy atom. The molecule has 0 radical (unpaired) electrons. The van der Waals surface area contributed by atoms with Crippen LogP contribution in [-0.2, 0) is 32.7 Å². The molecule has 328 valence electrons. The number of unbranched alkanes of at least 4 members (excludes halogenated alkanes) is 21. The van der Waals surface area contributed by atoms with Crippen molar-refractivity contribution >= 4 is 19.8 Å². The second-order valence-corrected chi connectivity index (χ2v) is 17.8. The van der Waals surface area contributed by atoms with Crippen molar-refractivity contribution in [2.75, 3.05) is 47.5 Å². The van der Waals surface area contributed by atoms with E-state index in [1.165, 1.54) is 109 Å². The maximum absolute atomic E-state index is 12.7. The fourth-order valence-corrected chi connectivity index (χ4v) is 6.78. The molecule has 0 aliphatic rings. The number of phosphoric acid groups is 1. The van der Waals surface area contributed by atoms with Crippen molar-refractivity contribution in [3.8, 4) is 0 Å². The van der Waals surface area contributed by atoms with Gasteiger partial charge in [0, 0.05) is 12.8 Å². The summed E-state index contributed by atoms with van der Waals surface area (Å²) in [5, 5.41) is 0. The summed E-state index contributed by atoms with van der Waals surface area (Å²) in [6.45, 7) is 4.16. The predicted molar refractivity (Wildman–Crippen MR) is 231 cm³/mol. The minimum absolute atomic E-state index is 0.0370. The molecule has 0 fully saturated rings. The minimum atomic E-state index is -4.63. The summed E-state index contributed by atoms with van der Waals surface area (Å²) in [6.07, 6.45) is 43.2. The second-order valence-electron chi connectivity index (χ2n) is 16.4. The number of esters is 2. The monoisotopic (exact) mass is 812 g/mol. The van der Waals surface area contributed by atoms with E-state index in [1.54, 1.807) is 0 Å². The Bertz CT molecular complexity index is 1050. The topological polar surface area (TPSA) is 111 Å². The molecular formula is C46H86NO8P. The zero-order valence-corrected chi connectivity index (χ0v) is 37.7. The van der Waals surface area contributed by atoms with E-state index in [0.29, 0.717) is 23.9 Å². The molecule has 10 heteroatoms. The van der Waals surface area contributed by atoms with E-state index in [1.807, 2.05) is 27.2 Å². The quantitative estimate of drug-likeness (QED) is 0.0197. The molecule has 0 aliphatic heterocycles. The van der Waals surface area contributed by atoms with E-state index in [-0.39, 0.29) is 26.1 Å². The molecule has 56 heavy (non-hydrogen) atoms. The van der Waals surface area contributed by atoms with Crippen molar-refractivity contribution in [2.45, 2.75) is 200 Å². The van der Waals surface area contributed by atoms with Crippen LogP contribution in [0.1, 0.15) is 194 Å². The Labute approximate surface area is 344 Å². The van der Waals surface area contributed by atoms with Crippen molar-refractivity contribution in [2.24, 2.45) is 0 Å². The maximum atomic E-state index is 12.7. The summed E-state index contributed by atoms with van der Waals surface area (Å²) in [7, 11) is 1.14. The summed E-state index contributed by atoms with van der Waals surface area (Å²) in [5.41, 5.74) is 0. The van der Waals surface area contributed by atoms with Crippen LogP contribution < -0.4 is 4.89 Å². The lowest BCUT2D eigenvalue weighted by Crippen LogP contribution is -2.37. The Balaban J connectivity index is 4.39. The molecule has 0 heterocycles. The standard InChI is InChI=1S/C46H86NO8P/c1-6-8-10-12-14-16-18-20-22-23-25-27-29-31-33-35-37-39-46(49)55-44(43-54-56(50,51)53-41-40-47(3,4)5)42-52-45(48)38-36-34-32-30-28-26-24-21-19-17-15-13-11-9-7-2/h14,16,20,22,32,34,44H,6-13,15,17-19,21,23-31,33,35-43H2,1-5H3/b16-14+,22-20+,34-32+/t44-/m1/s1. The highest BCUT2D eigenvalue weighted by Crippen LogP contribution is 2.38. The number of nitrogens with zero attached hydrogens (tertiary/aromatic N) is 1. The van der Waals surface area contributed by atoms with Crippen LogP contribution in [0, 0.1) is 0 Å². The zero-order valence-electron chi connectivity index (χ0n) is 36.8. The first-order valence-corrected chi connectivity index (χ1v) is 24.2. The van der Waals surface area contributed by atoms with Gasteiger partial charge in [0.05, 0.1) is 27.7 Å². The molecule has 0 amide bonds. The summed E-state index contributed by atoms with van der Waals surface area (Å²) in [5.74, 6) is -0.898. The van der Waals surface area contributed by atoms with Gasteiger partial charge in [-0.1, -0.05) is 159 Å². The first-order valence-electron chi connectivity index (χ1n) is 22.7. The molecule has 1 unspecified atom stereocenters. The Morgan fingerprint density at radius 1 is 0.554 bits per heavy atom. The minimum Gasteiger partial charge on any atom is -0.756 e. The highest BCUT2D eigenvalue weighted by Gasteiger charge is 2.21. The van der Waals surface area contributed by atoms with Gasteiger partial charge < -0.3 is 27.9 Å². The van der Waals surface area contributed by atoms with E-state index in [4.69, 9.17) is 18.5 Å². The molecule has 0 N–H and O–H groups in total. The normalized spacial score (nSPS) is 13.9. The number of ether oxygens (including phenoxy) is 2. The second kappa shape index (κ2) is 38.7. The predicted octanol–water partition coefficient (Wildman–Crippen LogP) is 12.3. The summed E-state index contributed by atoms with van der Waals surface area (Å²) in [6, 6.07) is 0. The van der Waals surface area contributed by atoms with Gasteiger partial charge in [-0.15, -0.1) is 0 Å². The average molecular weight is 812 g/mol. The van der Waals surface area contributed by atoms with Crippen LogP contribution in [0.5, 0.6) is 0 Å². The number of carbonyl (C=O) groups is 2. The molecule has 0 spiro atoms. The van der Waals surface area contributed by atoms with Gasteiger partial charge in [-0.05, 0) is 57.8 Å². The molecule has 0 aromatic heterocycles. The molecule has 0 saturated carbocycles. The van der Waals surface area contributed by atoms with E-state index in [9.17, 15) is 19.0 Å². The molecule has 0 saturated heterocycles. The SMILES string of the molecule is CCCCC/C=C/C/C=C/CCCCCCCCCC(=O)O[C@H](COC(=O)CC/C=C/CCCCCCCCCCCCC)COP(=O)([O-])OCC[N+](C)(C)C. The van der Waals surface area contributed by atoms with E-state index >= 15 is 0 Å². The number of allylic oxidation sites excluding steroid dienone is 6. The number of likely N-dealkylation sites (N-methyl/N-ethyl adjacent to an activating group) is 1. The van der Waals surface area contributed by atoms with Gasteiger partial charge in [0.1, 0.15) is 19.8 Å². The van der Waals surface area contributed by atoms with Crippen LogP contribution in [0.2, 0.25) is 0 Å². The first kappa shape index (κ1) is 54.2. The van der Waals surface area contributed by atoms with Gasteiger partial charge in [-0.25, -0.2) is 0 Å². The van der Waals surface area contributed by atoms with Crippen LogP contribution in [0.4, 0.5) is 0 Å². The third kappa shape index (κ3) is 41.9. The van der Waals surface area contributed by atoms with Gasteiger partial charge in [-0.3, -0.25) is 14.2 Å². The van der Waals surface area contributed by atoms with E-state index in [2.05, 4.69) is 44.2 Å². The van der Waals surface area contributed by atoms with Crippen LogP contribution in [0.15, 0.2) is 36.5 Å². The van der Waals surface area contributed by atoms with Crippen LogP contribution in [0.3, 0.4) is 0 Å². The lowest BCUT2D eigenvalue weighted by Gasteiger charge is -2.28. The van der Waals surface area contributed by atoms with Gasteiger partial charge in [0.15, 0.2) is 6.10 Å². The van der Waals surface area contributed by atoms with Crippen LogP contribution >= 0.6 is 7.82 Å². The third-order valence-corrected chi connectivity index (χ3v) is 10.6. The number of phosphoric ester groups is 1. The van der Waals surface area contributed by atoms with Crippen molar-refractivity contribution in [3.05, 3.63) is 36.5 Å². The Kier molecular flexibility index (Phi) is 37.5. The van der Waals surface area contributed by atoms with Gasteiger partial charge in [0.2, 0.25) is 0 Å². The zero-order chi connectivity index (χ0) is 41.4. The maximum Gasteiger partial charge on any atom is 0.306 e. The summed E-state index contributed by atoms with van der Waals surface area (Å²) < 4.78 is 33.9. The number of quaternary nitrogens is 1. The number of carbonyl (C=O) groups excluding carboxylic acids is 2. The van der Waals surface area contributed by atoms with Crippen molar-refractivity contribution in [1.29, 1.82) is 0 Å². The van der Waals surface area contributed by atoms with Crippen molar-refractivity contribution in [1.82, 2.24) is 0 Å². The molecule has 0 aliphatic carbocycles. The van der Waals surface area contributed by atoms with Gasteiger partial charge >= 0.3 is 11.9 Å². The average Bonchev–Trinajstić information content (AvgIpc) is 3.15.